The van der Waals surface area contributed by atoms with Crippen LogP contribution < -0.4 is 5.73 Å². The molecule has 0 bridgehead atoms. The van der Waals surface area contributed by atoms with Crippen molar-refractivity contribution in [1.29, 1.82) is 0 Å². The van der Waals surface area contributed by atoms with Gasteiger partial charge in [-0.25, -0.2) is 4.39 Å². The third-order valence-electron chi connectivity index (χ3n) is 3.45. The molecule has 88 valence electrons. The molecule has 2 atom stereocenters. The maximum absolute atomic E-state index is 13.0. The summed E-state index contributed by atoms with van der Waals surface area (Å²) in [5.41, 5.74) is 7.18. The lowest BCUT2D eigenvalue weighted by Crippen LogP contribution is -2.34. The van der Waals surface area contributed by atoms with Gasteiger partial charge in [0.1, 0.15) is 5.82 Å². The van der Waals surface area contributed by atoms with Crippen LogP contribution in [0, 0.1) is 11.7 Å². The number of rotatable bonds is 2. The molecule has 0 amide bonds. The number of halogens is 2. The SMILES string of the molecule is NC1CCCCC1Cc1ccc(F)c(Cl)c1. The summed E-state index contributed by atoms with van der Waals surface area (Å²) in [6.45, 7) is 0. The molecule has 1 saturated carbocycles. The predicted molar refractivity (Wildman–Crippen MR) is 65.0 cm³/mol. The van der Waals surface area contributed by atoms with E-state index in [4.69, 9.17) is 17.3 Å². The van der Waals surface area contributed by atoms with Gasteiger partial charge in [-0.1, -0.05) is 30.5 Å². The second-order valence-electron chi connectivity index (χ2n) is 4.66. The van der Waals surface area contributed by atoms with Crippen molar-refractivity contribution in [1.82, 2.24) is 0 Å². The van der Waals surface area contributed by atoms with E-state index in [-0.39, 0.29) is 16.9 Å². The van der Waals surface area contributed by atoms with Crippen LogP contribution in [-0.4, -0.2) is 6.04 Å². The van der Waals surface area contributed by atoms with Crippen LogP contribution in [0.2, 0.25) is 5.02 Å². The molecule has 1 aromatic rings. The minimum atomic E-state index is -0.349. The van der Waals surface area contributed by atoms with Crippen LogP contribution >= 0.6 is 11.6 Å². The second-order valence-corrected chi connectivity index (χ2v) is 5.07. The Morgan fingerprint density at radius 2 is 2.06 bits per heavy atom. The van der Waals surface area contributed by atoms with E-state index >= 15 is 0 Å². The molecule has 0 heterocycles. The molecule has 3 heteroatoms. The molecular weight excluding hydrogens is 225 g/mol. The topological polar surface area (TPSA) is 26.0 Å². The van der Waals surface area contributed by atoms with Crippen molar-refractivity contribution in [2.24, 2.45) is 11.7 Å². The van der Waals surface area contributed by atoms with Crippen molar-refractivity contribution >= 4 is 11.6 Å². The Morgan fingerprint density at radius 1 is 1.31 bits per heavy atom. The lowest BCUT2D eigenvalue weighted by atomic mass is 9.81. The van der Waals surface area contributed by atoms with E-state index in [1.165, 1.54) is 25.3 Å². The van der Waals surface area contributed by atoms with E-state index in [1.54, 1.807) is 6.07 Å². The molecule has 1 nitrogen and oxygen atoms in total. The van der Waals surface area contributed by atoms with Crippen LogP contribution in [0.3, 0.4) is 0 Å². The zero-order valence-corrected chi connectivity index (χ0v) is 10.0. The van der Waals surface area contributed by atoms with Crippen molar-refractivity contribution in [3.63, 3.8) is 0 Å². The highest BCUT2D eigenvalue weighted by Gasteiger charge is 2.21. The van der Waals surface area contributed by atoms with Gasteiger partial charge in [0.25, 0.3) is 0 Å². The molecule has 0 spiro atoms. The molecule has 1 aliphatic carbocycles. The van der Waals surface area contributed by atoms with Crippen molar-refractivity contribution in [2.45, 2.75) is 38.1 Å². The van der Waals surface area contributed by atoms with Gasteiger partial charge in [0.2, 0.25) is 0 Å². The summed E-state index contributed by atoms with van der Waals surface area (Å²) >= 11 is 5.76. The minimum absolute atomic E-state index is 0.210. The molecule has 0 aliphatic heterocycles. The van der Waals surface area contributed by atoms with Crippen molar-refractivity contribution < 1.29 is 4.39 Å². The van der Waals surface area contributed by atoms with E-state index < -0.39 is 0 Å². The number of hydrogen-bond acceptors (Lipinski definition) is 1. The fourth-order valence-corrected chi connectivity index (χ4v) is 2.66. The van der Waals surface area contributed by atoms with Gasteiger partial charge in [0.15, 0.2) is 0 Å². The summed E-state index contributed by atoms with van der Waals surface area (Å²) in [5, 5.41) is 0.210. The Kier molecular flexibility index (Phi) is 3.82. The van der Waals surface area contributed by atoms with Crippen LogP contribution in [0.4, 0.5) is 4.39 Å². The molecule has 0 aromatic heterocycles. The first-order chi connectivity index (χ1) is 7.66. The van der Waals surface area contributed by atoms with Crippen LogP contribution in [0.25, 0.3) is 0 Å². The molecule has 0 saturated heterocycles. The summed E-state index contributed by atoms with van der Waals surface area (Å²) in [5.74, 6) is 0.175. The first kappa shape index (κ1) is 11.9. The second kappa shape index (κ2) is 5.15. The van der Waals surface area contributed by atoms with Crippen LogP contribution in [0.15, 0.2) is 18.2 Å². The van der Waals surface area contributed by atoms with E-state index in [2.05, 4.69) is 0 Å². The summed E-state index contributed by atoms with van der Waals surface area (Å²) in [4.78, 5) is 0. The third kappa shape index (κ3) is 2.74. The number of benzene rings is 1. The first-order valence-electron chi connectivity index (χ1n) is 5.86. The van der Waals surface area contributed by atoms with Crippen LogP contribution in [0.1, 0.15) is 31.2 Å². The smallest absolute Gasteiger partial charge is 0.141 e. The summed E-state index contributed by atoms with van der Waals surface area (Å²) in [6.07, 6.45) is 5.70. The Bertz CT molecular complexity index is 367. The Balaban J connectivity index is 2.05. The average Bonchev–Trinajstić information content (AvgIpc) is 2.27. The fourth-order valence-electron chi connectivity index (χ4n) is 2.46. The highest BCUT2D eigenvalue weighted by molar-refractivity contribution is 6.30. The number of hydrogen-bond donors (Lipinski definition) is 1. The monoisotopic (exact) mass is 241 g/mol. The highest BCUT2D eigenvalue weighted by atomic mass is 35.5. The Hall–Kier alpha value is -0.600. The van der Waals surface area contributed by atoms with Gasteiger partial charge < -0.3 is 5.73 Å². The highest BCUT2D eigenvalue weighted by Crippen LogP contribution is 2.27. The van der Waals surface area contributed by atoms with Gasteiger partial charge in [-0.2, -0.15) is 0 Å². The molecule has 2 N–H and O–H groups in total. The molecular formula is C13H17ClFN. The van der Waals surface area contributed by atoms with Crippen LogP contribution in [-0.2, 0) is 6.42 Å². The zero-order chi connectivity index (χ0) is 11.5. The molecule has 1 fully saturated rings. The normalized spacial score (nSPS) is 25.7. The van der Waals surface area contributed by atoms with E-state index in [0.29, 0.717) is 5.92 Å². The quantitative estimate of drug-likeness (QED) is 0.842. The maximum Gasteiger partial charge on any atom is 0.141 e. The molecule has 1 aromatic carbocycles. The van der Waals surface area contributed by atoms with E-state index in [9.17, 15) is 4.39 Å². The van der Waals surface area contributed by atoms with Crippen LogP contribution in [0.5, 0.6) is 0 Å². The van der Waals surface area contributed by atoms with Gasteiger partial charge in [-0.15, -0.1) is 0 Å². The largest absolute Gasteiger partial charge is 0.327 e. The molecule has 16 heavy (non-hydrogen) atoms. The van der Waals surface area contributed by atoms with Crippen molar-refractivity contribution in [2.75, 3.05) is 0 Å². The Labute approximate surface area is 101 Å². The van der Waals surface area contributed by atoms with Crippen molar-refractivity contribution in [3.8, 4) is 0 Å². The van der Waals surface area contributed by atoms with Crippen molar-refractivity contribution in [3.05, 3.63) is 34.6 Å². The van der Waals surface area contributed by atoms with Gasteiger partial charge in [-0.05, 0) is 42.9 Å². The average molecular weight is 242 g/mol. The summed E-state index contributed by atoms with van der Waals surface area (Å²) in [7, 11) is 0. The molecule has 2 rings (SSSR count). The third-order valence-corrected chi connectivity index (χ3v) is 3.74. The van der Waals surface area contributed by atoms with E-state index in [0.717, 1.165) is 18.4 Å². The standard InChI is InChI=1S/C13H17ClFN/c14-11-8-9(5-6-12(11)15)7-10-3-1-2-4-13(10)16/h5-6,8,10,13H,1-4,7,16H2. The lowest BCUT2D eigenvalue weighted by Gasteiger charge is -2.28. The molecule has 1 aliphatic rings. The number of nitrogens with two attached hydrogens (primary N) is 1. The summed E-state index contributed by atoms with van der Waals surface area (Å²) < 4.78 is 13.0. The van der Waals surface area contributed by atoms with E-state index in [1.807, 2.05) is 6.07 Å². The minimum Gasteiger partial charge on any atom is -0.327 e. The van der Waals surface area contributed by atoms with Gasteiger partial charge in [-0.3, -0.25) is 0 Å². The lowest BCUT2D eigenvalue weighted by molar-refractivity contribution is 0.306. The predicted octanol–water partition coefficient (Wildman–Crippen LogP) is 3.54. The zero-order valence-electron chi connectivity index (χ0n) is 9.26. The van der Waals surface area contributed by atoms with Gasteiger partial charge in [0.05, 0.1) is 5.02 Å². The molecule has 0 radical (unpaired) electrons. The molecule has 2 unspecified atom stereocenters. The maximum atomic E-state index is 13.0. The fraction of sp³-hybridized carbons (Fsp3) is 0.538. The van der Waals surface area contributed by atoms with Gasteiger partial charge >= 0.3 is 0 Å². The van der Waals surface area contributed by atoms with Gasteiger partial charge in [0, 0.05) is 6.04 Å². The Morgan fingerprint density at radius 3 is 2.75 bits per heavy atom. The summed E-state index contributed by atoms with van der Waals surface area (Å²) in [6, 6.07) is 5.25. The first-order valence-corrected chi connectivity index (χ1v) is 6.24.